The first-order valence-electron chi connectivity index (χ1n) is 8.71. The molecule has 0 aliphatic heterocycles. The lowest BCUT2D eigenvalue weighted by atomic mass is 10.1. The maximum absolute atomic E-state index is 12.3. The van der Waals surface area contributed by atoms with Crippen LogP contribution in [0.2, 0.25) is 0 Å². The van der Waals surface area contributed by atoms with Crippen LogP contribution < -0.4 is 19.7 Å². The quantitative estimate of drug-likeness (QED) is 0.585. The average Bonchev–Trinajstić information content (AvgIpc) is 2.71. The molecular weight excluding hydrogens is 384 g/mol. The minimum atomic E-state index is -3.92. The summed E-state index contributed by atoms with van der Waals surface area (Å²) in [6, 6.07) is 10.6. The Morgan fingerprint density at radius 1 is 1.04 bits per heavy atom. The van der Waals surface area contributed by atoms with Crippen molar-refractivity contribution < 1.29 is 27.4 Å². The molecule has 0 aliphatic carbocycles. The molecule has 1 amide bonds. The van der Waals surface area contributed by atoms with Gasteiger partial charge in [0.05, 0.1) is 25.2 Å². The van der Waals surface area contributed by atoms with E-state index >= 15 is 0 Å². The van der Waals surface area contributed by atoms with Gasteiger partial charge in [-0.1, -0.05) is 0 Å². The largest absolute Gasteiger partial charge is 0.496 e. The second-order valence-electron chi connectivity index (χ2n) is 5.63. The Bertz CT molecular complexity index is 897. The van der Waals surface area contributed by atoms with Gasteiger partial charge in [-0.15, -0.1) is 4.83 Å². The lowest BCUT2D eigenvalue weighted by Crippen LogP contribution is -2.41. The molecule has 2 rings (SSSR count). The zero-order valence-electron chi connectivity index (χ0n) is 16.0. The predicted molar refractivity (Wildman–Crippen MR) is 104 cm³/mol. The Labute approximate surface area is 164 Å². The van der Waals surface area contributed by atoms with E-state index in [4.69, 9.17) is 14.2 Å². The third-order valence-electron chi connectivity index (χ3n) is 3.75. The Morgan fingerprint density at radius 2 is 1.75 bits per heavy atom. The summed E-state index contributed by atoms with van der Waals surface area (Å²) in [5.74, 6) is 0.542. The van der Waals surface area contributed by atoms with Gasteiger partial charge in [0.15, 0.2) is 0 Å². The van der Waals surface area contributed by atoms with Crippen molar-refractivity contribution >= 4 is 15.9 Å². The van der Waals surface area contributed by atoms with E-state index in [2.05, 4.69) is 10.3 Å². The van der Waals surface area contributed by atoms with Crippen LogP contribution in [0.3, 0.4) is 0 Å². The van der Waals surface area contributed by atoms with Crippen LogP contribution in [-0.4, -0.2) is 34.6 Å². The highest BCUT2D eigenvalue weighted by molar-refractivity contribution is 7.89. The average molecular weight is 408 g/mol. The first kappa shape index (κ1) is 21.7. The number of carbonyl (C=O) groups excluding carboxylic acids is 1. The van der Waals surface area contributed by atoms with Gasteiger partial charge in [0.25, 0.3) is 15.9 Å². The smallest absolute Gasteiger partial charge is 0.266 e. The van der Waals surface area contributed by atoms with Crippen LogP contribution in [0.25, 0.3) is 0 Å². The predicted octanol–water partition coefficient (Wildman–Crippen LogP) is 2.25. The summed E-state index contributed by atoms with van der Waals surface area (Å²) in [6.07, 6.45) is 0. The SMILES string of the molecule is CCOCc1cc(C(=O)NNS(=O)(=O)c2ccc(OCC)cc2)ccc1OC. The van der Waals surface area contributed by atoms with Crippen molar-refractivity contribution in [1.29, 1.82) is 0 Å². The highest BCUT2D eigenvalue weighted by Gasteiger charge is 2.17. The molecule has 0 fully saturated rings. The van der Waals surface area contributed by atoms with E-state index in [9.17, 15) is 13.2 Å². The first-order valence-corrected chi connectivity index (χ1v) is 10.2. The van der Waals surface area contributed by atoms with Crippen molar-refractivity contribution in [2.45, 2.75) is 25.3 Å². The molecule has 0 heterocycles. The number of amides is 1. The van der Waals surface area contributed by atoms with E-state index < -0.39 is 15.9 Å². The van der Waals surface area contributed by atoms with E-state index in [1.54, 1.807) is 24.3 Å². The third-order valence-corrected chi connectivity index (χ3v) is 5.01. The molecule has 0 radical (unpaired) electrons. The number of nitrogens with one attached hydrogen (secondary N) is 2. The zero-order chi connectivity index (χ0) is 20.6. The molecule has 0 unspecified atom stereocenters. The van der Waals surface area contributed by atoms with Crippen molar-refractivity contribution in [2.75, 3.05) is 20.3 Å². The molecule has 0 bridgehead atoms. The molecular formula is C19H24N2O6S. The van der Waals surface area contributed by atoms with E-state index in [1.807, 2.05) is 13.8 Å². The van der Waals surface area contributed by atoms with Crippen LogP contribution in [0, 0.1) is 0 Å². The maximum atomic E-state index is 12.3. The number of rotatable bonds is 10. The Kier molecular flexibility index (Phi) is 7.80. The lowest BCUT2D eigenvalue weighted by Gasteiger charge is -2.12. The normalized spacial score (nSPS) is 11.1. The van der Waals surface area contributed by atoms with Crippen molar-refractivity contribution in [2.24, 2.45) is 0 Å². The van der Waals surface area contributed by atoms with Crippen LogP contribution >= 0.6 is 0 Å². The number of hydrazine groups is 1. The Balaban J connectivity index is 2.07. The fourth-order valence-corrected chi connectivity index (χ4v) is 3.21. The van der Waals surface area contributed by atoms with Gasteiger partial charge < -0.3 is 14.2 Å². The van der Waals surface area contributed by atoms with Gasteiger partial charge in [-0.3, -0.25) is 10.2 Å². The van der Waals surface area contributed by atoms with Crippen LogP contribution in [0.4, 0.5) is 0 Å². The van der Waals surface area contributed by atoms with Gasteiger partial charge in [0.2, 0.25) is 0 Å². The third kappa shape index (κ3) is 5.69. The highest BCUT2D eigenvalue weighted by Crippen LogP contribution is 2.21. The van der Waals surface area contributed by atoms with Gasteiger partial charge in [0.1, 0.15) is 11.5 Å². The van der Waals surface area contributed by atoms with Crippen molar-refractivity contribution in [3.05, 3.63) is 53.6 Å². The van der Waals surface area contributed by atoms with Crippen molar-refractivity contribution in [3.8, 4) is 11.5 Å². The summed E-state index contributed by atoms with van der Waals surface area (Å²) in [4.78, 5) is 14.4. The number of hydrogen-bond donors (Lipinski definition) is 2. The molecule has 0 atom stereocenters. The second kappa shape index (κ2) is 10.1. The Hall–Kier alpha value is -2.62. The molecule has 0 saturated carbocycles. The number of ether oxygens (including phenoxy) is 3. The molecule has 0 saturated heterocycles. The van der Waals surface area contributed by atoms with Gasteiger partial charge in [-0.2, -0.15) is 0 Å². The number of benzene rings is 2. The monoisotopic (exact) mass is 408 g/mol. The molecule has 0 spiro atoms. The van der Waals surface area contributed by atoms with Crippen molar-refractivity contribution in [3.63, 3.8) is 0 Å². The van der Waals surface area contributed by atoms with E-state index in [1.165, 1.54) is 25.3 Å². The molecule has 152 valence electrons. The molecule has 0 aliphatic rings. The summed E-state index contributed by atoms with van der Waals surface area (Å²) in [6.45, 7) is 4.97. The minimum Gasteiger partial charge on any atom is -0.496 e. The highest BCUT2D eigenvalue weighted by atomic mass is 32.2. The van der Waals surface area contributed by atoms with E-state index in [0.717, 1.165) is 0 Å². The molecule has 0 aromatic heterocycles. The number of hydrogen-bond acceptors (Lipinski definition) is 6. The summed E-state index contributed by atoms with van der Waals surface area (Å²) in [5, 5.41) is 0. The Morgan fingerprint density at radius 3 is 2.36 bits per heavy atom. The number of carbonyl (C=O) groups is 1. The first-order chi connectivity index (χ1) is 13.4. The van der Waals surface area contributed by atoms with Gasteiger partial charge in [-0.05, 0) is 56.3 Å². The van der Waals surface area contributed by atoms with Gasteiger partial charge >= 0.3 is 0 Å². The standard InChI is InChI=1S/C19H24N2O6S/c1-4-26-13-15-12-14(6-11-18(15)25-3)19(22)20-21-28(23,24)17-9-7-16(8-10-17)27-5-2/h6-12,21H,4-5,13H2,1-3H3,(H,20,22). The second-order valence-corrected chi connectivity index (χ2v) is 7.31. The summed E-state index contributed by atoms with van der Waals surface area (Å²) in [7, 11) is -2.40. The van der Waals surface area contributed by atoms with Crippen LogP contribution in [0.1, 0.15) is 29.8 Å². The van der Waals surface area contributed by atoms with Crippen LogP contribution in [-0.2, 0) is 21.4 Å². The molecule has 9 heteroatoms. The topological polar surface area (TPSA) is 103 Å². The fraction of sp³-hybridized carbons (Fsp3) is 0.316. The molecule has 2 aromatic rings. The van der Waals surface area contributed by atoms with Gasteiger partial charge in [0, 0.05) is 17.7 Å². The zero-order valence-corrected chi connectivity index (χ0v) is 16.8. The fourth-order valence-electron chi connectivity index (χ4n) is 2.37. The van der Waals surface area contributed by atoms with E-state index in [-0.39, 0.29) is 17.1 Å². The van der Waals surface area contributed by atoms with Gasteiger partial charge in [-0.25, -0.2) is 8.42 Å². The van der Waals surface area contributed by atoms with Crippen molar-refractivity contribution in [1.82, 2.24) is 10.3 Å². The van der Waals surface area contributed by atoms with E-state index in [0.29, 0.717) is 30.3 Å². The molecule has 2 aromatic carbocycles. The van der Waals surface area contributed by atoms with Crippen LogP contribution in [0.5, 0.6) is 11.5 Å². The lowest BCUT2D eigenvalue weighted by molar-refractivity contribution is 0.0944. The molecule has 28 heavy (non-hydrogen) atoms. The summed E-state index contributed by atoms with van der Waals surface area (Å²) >= 11 is 0. The molecule has 2 N–H and O–H groups in total. The minimum absolute atomic E-state index is 0.00280. The maximum Gasteiger partial charge on any atom is 0.266 e. The summed E-state index contributed by atoms with van der Waals surface area (Å²) < 4.78 is 40.6. The summed E-state index contributed by atoms with van der Waals surface area (Å²) in [5.41, 5.74) is 3.16. The molecule has 8 nitrogen and oxygen atoms in total. The number of sulfonamides is 1. The van der Waals surface area contributed by atoms with Crippen LogP contribution in [0.15, 0.2) is 47.4 Å². The number of methoxy groups -OCH3 is 1.